The Morgan fingerprint density at radius 2 is 1.48 bits per heavy atom. The molecule has 0 N–H and O–H groups in total. The number of Topliss-reactive ketones (excluding diaryl/α,β-unsaturated/α-hetero) is 1. The summed E-state index contributed by atoms with van der Waals surface area (Å²) in [4.78, 5) is 40.7. The van der Waals surface area contributed by atoms with E-state index in [2.05, 4.69) is 0 Å². The zero-order valence-corrected chi connectivity index (χ0v) is 15.4. The van der Waals surface area contributed by atoms with Crippen molar-refractivity contribution >= 4 is 28.4 Å². The minimum Gasteiger partial charge on any atom is -0.339 e. The van der Waals surface area contributed by atoms with Crippen LogP contribution in [-0.2, 0) is 9.59 Å². The first-order chi connectivity index (χ1) is 13.1. The summed E-state index contributed by atoms with van der Waals surface area (Å²) in [5, 5.41) is 2.13. The van der Waals surface area contributed by atoms with Crippen molar-refractivity contribution in [3.63, 3.8) is 0 Å². The highest BCUT2D eigenvalue weighted by molar-refractivity contribution is 6.01. The maximum Gasteiger partial charge on any atom is 0.225 e. The number of rotatable bonds is 5. The molecule has 5 heteroatoms. The molecule has 4 rings (SSSR count). The third kappa shape index (κ3) is 4.02. The van der Waals surface area contributed by atoms with E-state index in [1.165, 1.54) is 0 Å². The highest BCUT2D eigenvalue weighted by atomic mass is 16.2. The van der Waals surface area contributed by atoms with Crippen LogP contribution in [0.1, 0.15) is 36.0 Å². The lowest BCUT2D eigenvalue weighted by atomic mass is 10.0. The van der Waals surface area contributed by atoms with Crippen LogP contribution < -0.4 is 0 Å². The van der Waals surface area contributed by atoms with Crippen LogP contribution in [0.3, 0.4) is 0 Å². The van der Waals surface area contributed by atoms with E-state index in [9.17, 15) is 14.4 Å². The molecule has 1 saturated heterocycles. The van der Waals surface area contributed by atoms with E-state index in [4.69, 9.17) is 0 Å². The van der Waals surface area contributed by atoms with E-state index in [0.717, 1.165) is 23.6 Å². The molecule has 2 aromatic carbocycles. The molecule has 0 bridgehead atoms. The van der Waals surface area contributed by atoms with Gasteiger partial charge in [-0.05, 0) is 29.7 Å². The molecule has 2 aliphatic rings. The normalized spacial score (nSPS) is 17.2. The fraction of sp³-hybridized carbons (Fsp3) is 0.409. The molecule has 0 aromatic heterocycles. The van der Waals surface area contributed by atoms with Gasteiger partial charge in [0.2, 0.25) is 11.8 Å². The minimum absolute atomic E-state index is 0.00246. The molecule has 2 aromatic rings. The summed E-state index contributed by atoms with van der Waals surface area (Å²) in [6.45, 7) is 2.36. The molecule has 2 fully saturated rings. The van der Waals surface area contributed by atoms with Crippen molar-refractivity contribution in [1.29, 1.82) is 0 Å². The number of hydrogen-bond acceptors (Lipinski definition) is 3. The van der Waals surface area contributed by atoms with Gasteiger partial charge in [0.25, 0.3) is 0 Å². The summed E-state index contributed by atoms with van der Waals surface area (Å²) in [6.07, 6.45) is 2.46. The molecular weight excluding hydrogens is 340 g/mol. The topological polar surface area (TPSA) is 57.7 Å². The molecule has 2 amide bonds. The highest BCUT2D eigenvalue weighted by Gasteiger charge is 2.35. The van der Waals surface area contributed by atoms with Crippen LogP contribution in [0.2, 0.25) is 0 Å². The summed E-state index contributed by atoms with van der Waals surface area (Å²) in [7, 11) is 0. The summed E-state index contributed by atoms with van der Waals surface area (Å²) < 4.78 is 0. The average molecular weight is 364 g/mol. The second-order valence-corrected chi connectivity index (χ2v) is 7.47. The van der Waals surface area contributed by atoms with Crippen molar-refractivity contribution in [2.75, 3.05) is 26.2 Å². The van der Waals surface area contributed by atoms with Crippen LogP contribution in [0.5, 0.6) is 0 Å². The largest absolute Gasteiger partial charge is 0.339 e. The zero-order valence-electron chi connectivity index (χ0n) is 15.4. The summed E-state index contributed by atoms with van der Waals surface area (Å²) in [5.41, 5.74) is 0.654. The Balaban J connectivity index is 1.28. The Kier molecular flexibility index (Phi) is 4.92. The molecule has 0 spiro atoms. The lowest BCUT2D eigenvalue weighted by Gasteiger charge is -2.35. The average Bonchev–Trinajstić information content (AvgIpc) is 3.56. The fourth-order valence-electron chi connectivity index (χ4n) is 3.65. The van der Waals surface area contributed by atoms with Crippen LogP contribution >= 0.6 is 0 Å². The molecule has 1 saturated carbocycles. The van der Waals surface area contributed by atoms with Gasteiger partial charge in [0, 0.05) is 50.5 Å². The second kappa shape index (κ2) is 7.51. The maximum absolute atomic E-state index is 12.5. The van der Waals surface area contributed by atoms with E-state index in [1.54, 1.807) is 4.90 Å². The molecule has 0 atom stereocenters. The van der Waals surface area contributed by atoms with Gasteiger partial charge in [0.05, 0.1) is 0 Å². The Morgan fingerprint density at radius 3 is 2.19 bits per heavy atom. The Bertz CT molecular complexity index is 880. The first-order valence-corrected chi connectivity index (χ1v) is 9.70. The van der Waals surface area contributed by atoms with Crippen molar-refractivity contribution in [3.05, 3.63) is 48.0 Å². The smallest absolute Gasteiger partial charge is 0.225 e. The van der Waals surface area contributed by atoms with Gasteiger partial charge in [-0.15, -0.1) is 0 Å². The summed E-state index contributed by atoms with van der Waals surface area (Å²) in [6, 6.07) is 13.6. The second-order valence-electron chi connectivity index (χ2n) is 7.47. The number of fused-ring (bicyclic) bond motifs is 1. The first-order valence-electron chi connectivity index (χ1n) is 9.70. The lowest BCUT2D eigenvalue weighted by Crippen LogP contribution is -2.51. The molecule has 0 unspecified atom stereocenters. The minimum atomic E-state index is -0.00310. The van der Waals surface area contributed by atoms with Crippen LogP contribution in [0, 0.1) is 5.92 Å². The monoisotopic (exact) mass is 364 g/mol. The van der Waals surface area contributed by atoms with Gasteiger partial charge in [-0.3, -0.25) is 14.4 Å². The van der Waals surface area contributed by atoms with Crippen molar-refractivity contribution in [2.45, 2.75) is 25.7 Å². The van der Waals surface area contributed by atoms with E-state index in [0.29, 0.717) is 31.7 Å². The van der Waals surface area contributed by atoms with Crippen LogP contribution in [0.4, 0.5) is 0 Å². The Hall–Kier alpha value is -2.69. The van der Waals surface area contributed by atoms with Crippen LogP contribution in [-0.4, -0.2) is 53.6 Å². The van der Waals surface area contributed by atoms with Gasteiger partial charge in [0.1, 0.15) is 0 Å². The summed E-state index contributed by atoms with van der Waals surface area (Å²) in [5.74, 6) is 0.472. The van der Waals surface area contributed by atoms with Crippen molar-refractivity contribution in [3.8, 4) is 0 Å². The van der Waals surface area contributed by atoms with Gasteiger partial charge >= 0.3 is 0 Å². The van der Waals surface area contributed by atoms with Gasteiger partial charge in [0.15, 0.2) is 5.78 Å². The number of benzene rings is 2. The molecule has 27 heavy (non-hydrogen) atoms. The maximum atomic E-state index is 12.5. The number of piperazine rings is 1. The predicted molar refractivity (Wildman–Crippen MR) is 103 cm³/mol. The van der Waals surface area contributed by atoms with Gasteiger partial charge in [-0.2, -0.15) is 0 Å². The lowest BCUT2D eigenvalue weighted by molar-refractivity contribution is -0.140. The van der Waals surface area contributed by atoms with E-state index >= 15 is 0 Å². The number of ketones is 1. The van der Waals surface area contributed by atoms with Gasteiger partial charge in [-0.1, -0.05) is 36.4 Å². The van der Waals surface area contributed by atoms with Crippen LogP contribution in [0.15, 0.2) is 42.5 Å². The summed E-state index contributed by atoms with van der Waals surface area (Å²) >= 11 is 0. The standard InChI is InChI=1S/C22H24N2O3/c25-20(19-8-5-16-3-1-2-4-18(16)15-19)9-10-21(26)23-11-13-24(14-12-23)22(27)17-6-7-17/h1-5,8,15,17H,6-7,9-14H2. The van der Waals surface area contributed by atoms with E-state index in [-0.39, 0.29) is 36.4 Å². The predicted octanol–water partition coefficient (Wildman–Crippen LogP) is 2.88. The van der Waals surface area contributed by atoms with Crippen molar-refractivity contribution in [2.24, 2.45) is 5.92 Å². The third-order valence-corrected chi connectivity index (χ3v) is 5.51. The van der Waals surface area contributed by atoms with E-state index < -0.39 is 0 Å². The molecule has 1 heterocycles. The Labute approximate surface area is 158 Å². The number of nitrogens with zero attached hydrogens (tertiary/aromatic N) is 2. The quantitative estimate of drug-likeness (QED) is 0.767. The van der Waals surface area contributed by atoms with E-state index in [1.807, 2.05) is 47.4 Å². The van der Waals surface area contributed by atoms with Crippen molar-refractivity contribution < 1.29 is 14.4 Å². The van der Waals surface area contributed by atoms with Gasteiger partial charge in [-0.25, -0.2) is 0 Å². The molecule has 140 valence electrons. The van der Waals surface area contributed by atoms with Crippen LogP contribution in [0.25, 0.3) is 10.8 Å². The highest BCUT2D eigenvalue weighted by Crippen LogP contribution is 2.31. The Morgan fingerprint density at radius 1 is 0.815 bits per heavy atom. The van der Waals surface area contributed by atoms with Gasteiger partial charge < -0.3 is 9.80 Å². The molecular formula is C22H24N2O3. The molecule has 1 aliphatic heterocycles. The number of hydrogen-bond donors (Lipinski definition) is 0. The zero-order chi connectivity index (χ0) is 18.8. The third-order valence-electron chi connectivity index (χ3n) is 5.51. The van der Waals surface area contributed by atoms with Crippen molar-refractivity contribution in [1.82, 2.24) is 9.80 Å². The first kappa shape index (κ1) is 17.7. The fourth-order valence-corrected chi connectivity index (χ4v) is 3.65. The molecule has 5 nitrogen and oxygen atoms in total. The number of carbonyl (C=O) groups is 3. The molecule has 0 radical (unpaired) electrons. The number of amides is 2. The SMILES string of the molecule is O=C(CCC(=O)N1CCN(C(=O)C2CC2)CC1)c1ccc2ccccc2c1. The molecule has 1 aliphatic carbocycles. The number of carbonyl (C=O) groups excluding carboxylic acids is 3.